The molecular weight excluding hydrogens is 247 g/mol. The molecule has 0 radical (unpaired) electrons. The van der Waals surface area contributed by atoms with Crippen LogP contribution in [0.3, 0.4) is 0 Å². The number of ether oxygens (including phenoxy) is 1. The minimum Gasteiger partial charge on any atom is -0.449 e. The molecule has 1 atom stereocenters. The third kappa shape index (κ3) is 7.14. The molecule has 0 saturated heterocycles. The zero-order chi connectivity index (χ0) is 14.0. The van der Waals surface area contributed by atoms with Gasteiger partial charge in [0.15, 0.2) is 6.10 Å². The summed E-state index contributed by atoms with van der Waals surface area (Å²) in [5.74, 6) is 1.82. The molecule has 0 spiro atoms. The minimum atomic E-state index is -2.59. The van der Waals surface area contributed by atoms with E-state index in [1.54, 1.807) is 6.92 Å². The molecule has 0 aromatic rings. The molecule has 0 aliphatic carbocycles. The van der Waals surface area contributed by atoms with Crippen LogP contribution in [-0.4, -0.2) is 30.6 Å². The summed E-state index contributed by atoms with van der Waals surface area (Å²) in [4.78, 5) is 11.6. The van der Waals surface area contributed by atoms with E-state index in [0.29, 0.717) is 12.3 Å². The summed E-state index contributed by atoms with van der Waals surface area (Å²) >= 11 is 0. The van der Waals surface area contributed by atoms with Crippen molar-refractivity contribution < 1.29 is 14.1 Å². The molecule has 100 valence electrons. The van der Waals surface area contributed by atoms with Crippen LogP contribution in [0.4, 0.5) is 0 Å². The molecule has 0 heterocycles. The molecule has 0 N–H and O–H groups in total. The second-order valence-electron chi connectivity index (χ2n) is 4.02. The maximum atomic E-state index is 12.6. The lowest BCUT2D eigenvalue weighted by molar-refractivity contribution is -0.142. The molecule has 4 heteroatoms. The summed E-state index contributed by atoms with van der Waals surface area (Å²) in [6.45, 7) is 5.33. The first-order valence-electron chi connectivity index (χ1n) is 5.92. The Kier molecular flexibility index (Phi) is 8.16. The molecule has 0 amide bonds. The number of hydrogen-bond donors (Lipinski definition) is 0. The van der Waals surface area contributed by atoms with Gasteiger partial charge in [0, 0.05) is 12.3 Å². The van der Waals surface area contributed by atoms with Gasteiger partial charge in [0.2, 0.25) is 0 Å². The summed E-state index contributed by atoms with van der Waals surface area (Å²) in [6.07, 6.45) is 12.6. The molecule has 0 aliphatic rings. The van der Waals surface area contributed by atoms with Crippen LogP contribution in [-0.2, 0) is 14.1 Å². The first-order chi connectivity index (χ1) is 8.47. The van der Waals surface area contributed by atoms with Gasteiger partial charge in [0.25, 0.3) is 0 Å². The Morgan fingerprint density at radius 3 is 2.22 bits per heavy atom. The Morgan fingerprint density at radius 2 is 1.83 bits per heavy atom. The summed E-state index contributed by atoms with van der Waals surface area (Å²) in [5, 5.41) is 0. The second kappa shape index (κ2) is 8.78. The van der Waals surface area contributed by atoms with Crippen molar-refractivity contribution in [2.75, 3.05) is 18.5 Å². The Balaban J connectivity index is 4.63. The van der Waals surface area contributed by atoms with Gasteiger partial charge < -0.3 is 9.30 Å². The standard InChI is InChI=1S/C14H21O3P/c1-5-8-10-18(16,11-9-6-2)12-14(15)17-13(4)7-3/h3,5-6,8-9,13H,10-12H2,1-2,4H3. The zero-order valence-electron chi connectivity index (χ0n) is 11.3. The van der Waals surface area contributed by atoms with Crippen molar-refractivity contribution >= 4 is 13.1 Å². The van der Waals surface area contributed by atoms with E-state index in [-0.39, 0.29) is 6.16 Å². The summed E-state index contributed by atoms with van der Waals surface area (Å²) < 4.78 is 17.5. The first-order valence-corrected chi connectivity index (χ1v) is 8.18. The van der Waals surface area contributed by atoms with Gasteiger partial charge in [-0.15, -0.1) is 6.42 Å². The van der Waals surface area contributed by atoms with E-state index < -0.39 is 19.2 Å². The topological polar surface area (TPSA) is 43.4 Å². The van der Waals surface area contributed by atoms with Crippen molar-refractivity contribution in [1.82, 2.24) is 0 Å². The van der Waals surface area contributed by atoms with Crippen LogP contribution in [0.2, 0.25) is 0 Å². The third-order valence-corrected chi connectivity index (χ3v) is 4.89. The molecule has 0 rings (SSSR count). The van der Waals surface area contributed by atoms with Crippen LogP contribution in [0.15, 0.2) is 24.3 Å². The van der Waals surface area contributed by atoms with Gasteiger partial charge in [0.05, 0.1) is 6.16 Å². The molecule has 1 unspecified atom stereocenters. The number of allylic oxidation sites excluding steroid dienone is 4. The summed E-state index contributed by atoms with van der Waals surface area (Å²) in [7, 11) is -2.59. The monoisotopic (exact) mass is 268 g/mol. The largest absolute Gasteiger partial charge is 0.449 e. The number of hydrogen-bond acceptors (Lipinski definition) is 3. The molecule has 0 fully saturated rings. The van der Waals surface area contributed by atoms with Gasteiger partial charge in [0.1, 0.15) is 7.14 Å². The van der Waals surface area contributed by atoms with E-state index in [4.69, 9.17) is 11.2 Å². The van der Waals surface area contributed by atoms with Gasteiger partial charge in [-0.25, -0.2) is 0 Å². The lowest BCUT2D eigenvalue weighted by Gasteiger charge is -2.15. The highest BCUT2D eigenvalue weighted by atomic mass is 31.2. The van der Waals surface area contributed by atoms with Gasteiger partial charge in [-0.1, -0.05) is 30.2 Å². The number of carbonyl (C=O) groups is 1. The predicted molar refractivity (Wildman–Crippen MR) is 76.2 cm³/mol. The fourth-order valence-electron chi connectivity index (χ4n) is 1.30. The molecule has 18 heavy (non-hydrogen) atoms. The zero-order valence-corrected chi connectivity index (χ0v) is 12.2. The first kappa shape index (κ1) is 16.7. The number of esters is 1. The lowest BCUT2D eigenvalue weighted by atomic mass is 10.4. The highest BCUT2D eigenvalue weighted by Crippen LogP contribution is 2.45. The van der Waals surface area contributed by atoms with Gasteiger partial charge in [-0.3, -0.25) is 4.79 Å². The Bertz CT molecular complexity index is 384. The number of carbonyl (C=O) groups excluding carboxylic acids is 1. The highest BCUT2D eigenvalue weighted by molar-refractivity contribution is 7.65. The molecule has 3 nitrogen and oxygen atoms in total. The molecular formula is C14H21O3P. The average Bonchev–Trinajstić information content (AvgIpc) is 2.33. The van der Waals surface area contributed by atoms with Crippen molar-refractivity contribution in [2.24, 2.45) is 0 Å². The van der Waals surface area contributed by atoms with Gasteiger partial charge >= 0.3 is 5.97 Å². The Hall–Kier alpha value is -1.26. The quantitative estimate of drug-likeness (QED) is 0.308. The van der Waals surface area contributed by atoms with Gasteiger partial charge in [-0.2, -0.15) is 0 Å². The SMILES string of the molecule is C#CC(C)OC(=O)CP(=O)(CC=CC)CC=CC. The van der Waals surface area contributed by atoms with Crippen LogP contribution in [0, 0.1) is 12.3 Å². The van der Waals surface area contributed by atoms with Crippen LogP contribution < -0.4 is 0 Å². The number of terminal acetylenes is 1. The van der Waals surface area contributed by atoms with Gasteiger partial charge in [-0.05, 0) is 20.8 Å². The van der Waals surface area contributed by atoms with Crippen molar-refractivity contribution in [3.63, 3.8) is 0 Å². The third-order valence-electron chi connectivity index (χ3n) is 2.31. The lowest BCUT2D eigenvalue weighted by Crippen LogP contribution is -2.17. The fraction of sp³-hybridized carbons (Fsp3) is 0.500. The molecule has 0 aromatic heterocycles. The van der Waals surface area contributed by atoms with E-state index in [0.717, 1.165) is 0 Å². The van der Waals surface area contributed by atoms with Crippen LogP contribution in [0.25, 0.3) is 0 Å². The summed E-state index contributed by atoms with van der Waals surface area (Å²) in [6, 6.07) is 0. The maximum absolute atomic E-state index is 12.6. The number of rotatable bonds is 7. The molecule has 0 aliphatic heterocycles. The second-order valence-corrected chi connectivity index (χ2v) is 7.18. The van der Waals surface area contributed by atoms with E-state index in [9.17, 15) is 9.36 Å². The summed E-state index contributed by atoms with van der Waals surface area (Å²) in [5.41, 5.74) is 0. The Labute approximate surface area is 110 Å². The van der Waals surface area contributed by atoms with Crippen molar-refractivity contribution in [2.45, 2.75) is 26.9 Å². The van der Waals surface area contributed by atoms with Crippen molar-refractivity contribution in [3.8, 4) is 12.3 Å². The van der Waals surface area contributed by atoms with Crippen LogP contribution in [0.1, 0.15) is 20.8 Å². The molecule has 0 aromatic carbocycles. The van der Waals surface area contributed by atoms with E-state index in [1.807, 2.05) is 38.2 Å². The average molecular weight is 268 g/mol. The van der Waals surface area contributed by atoms with Crippen molar-refractivity contribution in [3.05, 3.63) is 24.3 Å². The highest BCUT2D eigenvalue weighted by Gasteiger charge is 2.24. The normalized spacial score (nSPS) is 16.3. The van der Waals surface area contributed by atoms with Crippen LogP contribution in [0.5, 0.6) is 0 Å². The van der Waals surface area contributed by atoms with Crippen molar-refractivity contribution in [1.29, 1.82) is 0 Å². The Morgan fingerprint density at radius 1 is 1.33 bits per heavy atom. The molecule has 0 bridgehead atoms. The smallest absolute Gasteiger partial charge is 0.314 e. The predicted octanol–water partition coefficient (Wildman–Crippen LogP) is 3.07. The van der Waals surface area contributed by atoms with E-state index in [2.05, 4.69) is 5.92 Å². The minimum absolute atomic E-state index is 0.0618. The van der Waals surface area contributed by atoms with E-state index >= 15 is 0 Å². The van der Waals surface area contributed by atoms with Crippen LogP contribution >= 0.6 is 7.14 Å². The van der Waals surface area contributed by atoms with E-state index in [1.165, 1.54) is 0 Å². The fourth-order valence-corrected chi connectivity index (χ4v) is 3.44. The maximum Gasteiger partial charge on any atom is 0.314 e. The molecule has 0 saturated carbocycles.